The van der Waals surface area contributed by atoms with Gasteiger partial charge in [0.05, 0.1) is 25.4 Å². The van der Waals surface area contributed by atoms with Crippen LogP contribution in [0, 0.1) is 0 Å². The Hall–Kier alpha value is -3.47. The lowest BCUT2D eigenvalue weighted by atomic mass is 10.1. The van der Waals surface area contributed by atoms with Crippen LogP contribution in [0.15, 0.2) is 66.9 Å². The first-order valence-corrected chi connectivity index (χ1v) is 8.70. The Balaban J connectivity index is 1.82. The molecule has 0 spiro atoms. The first-order chi connectivity index (χ1) is 13.2. The van der Waals surface area contributed by atoms with E-state index >= 15 is 0 Å². The zero-order valence-electron chi connectivity index (χ0n) is 15.6. The van der Waals surface area contributed by atoms with Crippen LogP contribution in [-0.2, 0) is 7.05 Å². The molecule has 1 N–H and O–H groups in total. The van der Waals surface area contributed by atoms with Crippen molar-refractivity contribution in [1.82, 2.24) is 9.55 Å². The largest absolute Gasteiger partial charge is 0.497 e. The third-order valence-corrected chi connectivity index (χ3v) is 4.69. The third kappa shape index (κ3) is 3.08. The Morgan fingerprint density at radius 2 is 1.78 bits per heavy atom. The van der Waals surface area contributed by atoms with Crippen LogP contribution in [0.1, 0.15) is 0 Å². The summed E-state index contributed by atoms with van der Waals surface area (Å²) >= 11 is 0. The molecule has 4 rings (SSSR count). The molecule has 0 saturated carbocycles. The van der Waals surface area contributed by atoms with Gasteiger partial charge in [-0.15, -0.1) is 0 Å². The average Bonchev–Trinajstić information content (AvgIpc) is 3.06. The van der Waals surface area contributed by atoms with Gasteiger partial charge in [-0.1, -0.05) is 18.2 Å². The molecular formula is C22H21N3O2. The number of pyridine rings is 1. The van der Waals surface area contributed by atoms with Crippen molar-refractivity contribution in [2.75, 3.05) is 19.5 Å². The van der Waals surface area contributed by atoms with E-state index in [1.54, 1.807) is 14.2 Å². The van der Waals surface area contributed by atoms with Crippen LogP contribution in [0.4, 0.5) is 11.5 Å². The Bertz CT molecular complexity index is 1100. The zero-order valence-corrected chi connectivity index (χ0v) is 15.6. The Kier molecular flexibility index (Phi) is 4.42. The van der Waals surface area contributed by atoms with E-state index in [2.05, 4.69) is 34.0 Å². The molecule has 0 fully saturated rings. The molecule has 2 aromatic heterocycles. The molecule has 2 heterocycles. The smallest absolute Gasteiger partial charge is 0.139 e. The number of hydrogen-bond acceptors (Lipinski definition) is 4. The lowest BCUT2D eigenvalue weighted by Crippen LogP contribution is -1.96. The van der Waals surface area contributed by atoms with Crippen molar-refractivity contribution in [2.45, 2.75) is 0 Å². The number of ether oxygens (including phenoxy) is 2. The van der Waals surface area contributed by atoms with Crippen molar-refractivity contribution in [3.05, 3.63) is 66.9 Å². The number of aryl methyl sites for hydroxylation is 1. The van der Waals surface area contributed by atoms with E-state index in [1.165, 1.54) is 0 Å². The zero-order chi connectivity index (χ0) is 18.8. The minimum Gasteiger partial charge on any atom is -0.497 e. The summed E-state index contributed by atoms with van der Waals surface area (Å²) in [5.74, 6) is 2.45. The molecule has 0 saturated heterocycles. The van der Waals surface area contributed by atoms with Gasteiger partial charge in [-0.25, -0.2) is 4.98 Å². The van der Waals surface area contributed by atoms with Gasteiger partial charge in [0.25, 0.3) is 0 Å². The number of hydrogen-bond donors (Lipinski definition) is 1. The molecule has 0 aliphatic carbocycles. The molecule has 136 valence electrons. The number of fused-ring (bicyclic) bond motifs is 1. The van der Waals surface area contributed by atoms with Gasteiger partial charge in [-0.3, -0.25) is 0 Å². The van der Waals surface area contributed by atoms with E-state index in [-0.39, 0.29) is 0 Å². The summed E-state index contributed by atoms with van der Waals surface area (Å²) in [6.07, 6.45) is 1.82. The van der Waals surface area contributed by atoms with Crippen molar-refractivity contribution in [2.24, 2.45) is 7.05 Å². The maximum Gasteiger partial charge on any atom is 0.139 e. The highest BCUT2D eigenvalue weighted by atomic mass is 16.5. The molecule has 0 bridgehead atoms. The second kappa shape index (κ2) is 7.03. The molecule has 4 aromatic rings. The average molecular weight is 359 g/mol. The Morgan fingerprint density at radius 1 is 0.926 bits per heavy atom. The summed E-state index contributed by atoms with van der Waals surface area (Å²) in [4.78, 5) is 4.55. The van der Waals surface area contributed by atoms with Crippen molar-refractivity contribution < 1.29 is 9.47 Å². The van der Waals surface area contributed by atoms with Gasteiger partial charge in [0, 0.05) is 35.9 Å². The summed E-state index contributed by atoms with van der Waals surface area (Å²) in [6.45, 7) is 0. The number of rotatable bonds is 5. The molecule has 0 radical (unpaired) electrons. The van der Waals surface area contributed by atoms with Crippen molar-refractivity contribution in [3.63, 3.8) is 0 Å². The number of aromatic nitrogens is 2. The second-order valence-electron chi connectivity index (χ2n) is 6.24. The van der Waals surface area contributed by atoms with E-state index in [9.17, 15) is 0 Å². The van der Waals surface area contributed by atoms with Crippen LogP contribution in [0.25, 0.3) is 22.2 Å². The maximum absolute atomic E-state index is 5.54. The van der Waals surface area contributed by atoms with Gasteiger partial charge in [-0.05, 0) is 36.4 Å². The predicted octanol–water partition coefficient (Wildman–Crippen LogP) is 5.00. The van der Waals surface area contributed by atoms with Crippen LogP contribution >= 0.6 is 0 Å². The summed E-state index contributed by atoms with van der Waals surface area (Å²) in [6, 6.07) is 20.0. The van der Waals surface area contributed by atoms with E-state index in [4.69, 9.17) is 9.47 Å². The van der Waals surface area contributed by atoms with Gasteiger partial charge < -0.3 is 19.4 Å². The molecule has 0 unspecified atom stereocenters. The Morgan fingerprint density at radius 3 is 2.59 bits per heavy atom. The lowest BCUT2D eigenvalue weighted by Gasteiger charge is -2.09. The van der Waals surface area contributed by atoms with E-state index in [1.807, 2.05) is 54.7 Å². The highest BCUT2D eigenvalue weighted by molar-refractivity contribution is 5.96. The molecule has 0 aliphatic heterocycles. The summed E-state index contributed by atoms with van der Waals surface area (Å²) in [5.41, 5.74) is 4.14. The van der Waals surface area contributed by atoms with Gasteiger partial charge in [0.2, 0.25) is 0 Å². The number of para-hydroxylation sites is 1. The number of anilines is 2. The molecule has 0 atom stereocenters. The van der Waals surface area contributed by atoms with E-state index in [0.29, 0.717) is 0 Å². The highest BCUT2D eigenvalue weighted by Gasteiger charge is 2.14. The van der Waals surface area contributed by atoms with E-state index < -0.39 is 0 Å². The van der Waals surface area contributed by atoms with Gasteiger partial charge in [0.15, 0.2) is 0 Å². The fourth-order valence-corrected chi connectivity index (χ4v) is 3.31. The van der Waals surface area contributed by atoms with Gasteiger partial charge in [0.1, 0.15) is 17.3 Å². The molecule has 5 nitrogen and oxygen atoms in total. The van der Waals surface area contributed by atoms with Gasteiger partial charge >= 0.3 is 0 Å². The number of nitrogens with zero attached hydrogens (tertiary/aromatic N) is 2. The number of nitrogens with one attached hydrogen (secondary N) is 1. The fourth-order valence-electron chi connectivity index (χ4n) is 3.31. The molecule has 0 amide bonds. The first kappa shape index (κ1) is 17.0. The topological polar surface area (TPSA) is 48.3 Å². The number of benzene rings is 2. The first-order valence-electron chi connectivity index (χ1n) is 8.70. The maximum atomic E-state index is 5.54. The number of methoxy groups -OCH3 is 2. The van der Waals surface area contributed by atoms with Crippen LogP contribution in [0.2, 0.25) is 0 Å². The highest BCUT2D eigenvalue weighted by Crippen LogP contribution is 2.36. The molecule has 5 heteroatoms. The quantitative estimate of drug-likeness (QED) is 0.545. The van der Waals surface area contributed by atoms with Crippen molar-refractivity contribution >= 4 is 22.4 Å². The molecular weight excluding hydrogens is 338 g/mol. The predicted molar refractivity (Wildman–Crippen MR) is 109 cm³/mol. The minimum atomic E-state index is 0.801. The SMILES string of the molecule is COc1cccc(Nc2nccc3c2cc(-c2ccccc2OC)n3C)c1. The third-order valence-electron chi connectivity index (χ3n) is 4.69. The Labute approximate surface area is 158 Å². The van der Waals surface area contributed by atoms with Crippen molar-refractivity contribution in [1.29, 1.82) is 0 Å². The van der Waals surface area contributed by atoms with Crippen LogP contribution in [0.3, 0.4) is 0 Å². The monoisotopic (exact) mass is 359 g/mol. The van der Waals surface area contributed by atoms with E-state index in [0.717, 1.165) is 45.2 Å². The van der Waals surface area contributed by atoms with Crippen LogP contribution in [0.5, 0.6) is 11.5 Å². The van der Waals surface area contributed by atoms with Crippen LogP contribution in [-0.4, -0.2) is 23.8 Å². The fraction of sp³-hybridized carbons (Fsp3) is 0.136. The second-order valence-corrected chi connectivity index (χ2v) is 6.24. The summed E-state index contributed by atoms with van der Waals surface area (Å²) in [5, 5.41) is 4.45. The van der Waals surface area contributed by atoms with Gasteiger partial charge in [-0.2, -0.15) is 0 Å². The summed E-state index contributed by atoms with van der Waals surface area (Å²) in [7, 11) is 5.41. The minimum absolute atomic E-state index is 0.801. The molecule has 2 aromatic carbocycles. The lowest BCUT2D eigenvalue weighted by molar-refractivity contribution is 0.415. The standard InChI is InChI=1S/C22H21N3O2/c1-25-19-11-12-23-22(24-15-7-6-8-16(13-15)26-2)18(19)14-20(25)17-9-4-5-10-21(17)27-3/h4-14H,1-3H3,(H,23,24). The summed E-state index contributed by atoms with van der Waals surface area (Å²) < 4.78 is 13.0. The molecule has 27 heavy (non-hydrogen) atoms. The van der Waals surface area contributed by atoms with Crippen LogP contribution < -0.4 is 14.8 Å². The van der Waals surface area contributed by atoms with Crippen molar-refractivity contribution in [3.8, 4) is 22.8 Å². The molecule has 0 aliphatic rings. The normalized spacial score (nSPS) is 10.8.